The van der Waals surface area contributed by atoms with Gasteiger partial charge in [-0.3, -0.25) is 0 Å². The molecule has 0 aliphatic carbocycles. The quantitative estimate of drug-likeness (QED) is 0.573. The predicted molar refractivity (Wildman–Crippen MR) is 65.5 cm³/mol. The summed E-state index contributed by atoms with van der Waals surface area (Å²) in [5.74, 6) is -0.360. The van der Waals surface area contributed by atoms with Gasteiger partial charge in [-0.15, -0.1) is 0 Å². The third kappa shape index (κ3) is 2.96. The molecule has 0 saturated carbocycles. The maximum Gasteiger partial charge on any atom is 0.330 e. The van der Waals surface area contributed by atoms with E-state index in [1.165, 1.54) is 28.3 Å². The predicted octanol–water partition coefficient (Wildman–Crippen LogP) is 2.88. The van der Waals surface area contributed by atoms with E-state index in [1.807, 2.05) is 0 Å². The second-order valence-electron chi connectivity index (χ2n) is 3.91. The van der Waals surface area contributed by atoms with Crippen molar-refractivity contribution in [2.24, 2.45) is 0 Å². The van der Waals surface area contributed by atoms with Gasteiger partial charge >= 0.3 is 5.97 Å². The van der Waals surface area contributed by atoms with E-state index in [1.54, 1.807) is 0 Å². The van der Waals surface area contributed by atoms with Crippen molar-refractivity contribution in [3.63, 3.8) is 0 Å². The Labute approximate surface area is 96.9 Å². The summed E-state index contributed by atoms with van der Waals surface area (Å²) >= 11 is 0. The molecule has 0 atom stereocenters. The summed E-state index contributed by atoms with van der Waals surface area (Å²) in [6, 6.07) is 4.20. The first kappa shape index (κ1) is 12.5. The number of esters is 1. The van der Waals surface area contributed by atoms with Gasteiger partial charge in [-0.1, -0.05) is 18.7 Å². The zero-order chi connectivity index (χ0) is 12.1. The van der Waals surface area contributed by atoms with Gasteiger partial charge in [0.25, 0.3) is 0 Å². The van der Waals surface area contributed by atoms with Crippen LogP contribution in [0.15, 0.2) is 24.8 Å². The number of hydrogen-bond acceptors (Lipinski definition) is 2. The summed E-state index contributed by atoms with van der Waals surface area (Å²) in [4.78, 5) is 10.9. The van der Waals surface area contributed by atoms with Gasteiger partial charge in [-0.25, -0.2) is 4.79 Å². The van der Waals surface area contributed by atoms with Crippen LogP contribution in [-0.4, -0.2) is 12.6 Å². The SMILES string of the molecule is C=CC(=O)OCCc1ccc(C)c(C)c1C. The lowest BCUT2D eigenvalue weighted by molar-refractivity contribution is -0.137. The number of rotatable bonds is 4. The molecule has 0 aliphatic rings. The average molecular weight is 218 g/mol. The van der Waals surface area contributed by atoms with Gasteiger partial charge in [0.05, 0.1) is 6.61 Å². The molecular formula is C14H18O2. The number of benzene rings is 1. The van der Waals surface area contributed by atoms with Crippen molar-refractivity contribution in [2.75, 3.05) is 6.61 Å². The Morgan fingerprint density at radius 3 is 2.62 bits per heavy atom. The highest BCUT2D eigenvalue weighted by molar-refractivity contribution is 5.81. The van der Waals surface area contributed by atoms with Gasteiger partial charge in [-0.2, -0.15) is 0 Å². The first-order valence-corrected chi connectivity index (χ1v) is 5.41. The van der Waals surface area contributed by atoms with Crippen molar-refractivity contribution in [3.8, 4) is 0 Å². The van der Waals surface area contributed by atoms with Gasteiger partial charge in [0.15, 0.2) is 0 Å². The maximum absolute atomic E-state index is 10.9. The molecule has 0 saturated heterocycles. The Bertz CT molecular complexity index is 405. The van der Waals surface area contributed by atoms with Crippen molar-refractivity contribution in [1.82, 2.24) is 0 Å². The molecule has 0 aromatic heterocycles. The molecule has 2 heteroatoms. The minimum atomic E-state index is -0.360. The molecule has 0 heterocycles. The summed E-state index contributed by atoms with van der Waals surface area (Å²) in [6.45, 7) is 10.1. The molecule has 0 fully saturated rings. The minimum absolute atomic E-state index is 0.360. The highest BCUT2D eigenvalue weighted by Gasteiger charge is 2.04. The second-order valence-corrected chi connectivity index (χ2v) is 3.91. The van der Waals surface area contributed by atoms with Gasteiger partial charge < -0.3 is 4.74 Å². The average Bonchev–Trinajstić information content (AvgIpc) is 2.29. The number of ether oxygens (including phenoxy) is 1. The van der Waals surface area contributed by atoms with Crippen LogP contribution in [0, 0.1) is 20.8 Å². The molecule has 0 N–H and O–H groups in total. The van der Waals surface area contributed by atoms with Crippen LogP contribution in [0.5, 0.6) is 0 Å². The van der Waals surface area contributed by atoms with Gasteiger partial charge in [0.1, 0.15) is 0 Å². The molecule has 0 unspecified atom stereocenters. The fourth-order valence-corrected chi connectivity index (χ4v) is 1.60. The summed E-state index contributed by atoms with van der Waals surface area (Å²) in [6.07, 6.45) is 1.94. The van der Waals surface area contributed by atoms with Crippen molar-refractivity contribution in [2.45, 2.75) is 27.2 Å². The van der Waals surface area contributed by atoms with Crippen LogP contribution < -0.4 is 0 Å². The third-order valence-corrected chi connectivity index (χ3v) is 2.95. The highest BCUT2D eigenvalue weighted by atomic mass is 16.5. The van der Waals surface area contributed by atoms with Crippen molar-refractivity contribution in [3.05, 3.63) is 47.0 Å². The first-order chi connectivity index (χ1) is 7.56. The van der Waals surface area contributed by atoms with E-state index in [2.05, 4.69) is 39.5 Å². The summed E-state index contributed by atoms with van der Waals surface area (Å²) in [5.41, 5.74) is 5.13. The number of carbonyl (C=O) groups excluding carboxylic acids is 1. The molecule has 0 radical (unpaired) electrons. The molecule has 2 nitrogen and oxygen atoms in total. The van der Waals surface area contributed by atoms with E-state index in [-0.39, 0.29) is 5.97 Å². The second kappa shape index (κ2) is 5.50. The van der Waals surface area contributed by atoms with E-state index in [9.17, 15) is 4.79 Å². The van der Waals surface area contributed by atoms with Gasteiger partial charge in [0.2, 0.25) is 0 Å². The zero-order valence-corrected chi connectivity index (χ0v) is 10.2. The summed E-state index contributed by atoms with van der Waals surface area (Å²) in [7, 11) is 0. The molecule has 0 bridgehead atoms. The molecular weight excluding hydrogens is 200 g/mol. The fraction of sp³-hybridized carbons (Fsp3) is 0.357. The maximum atomic E-state index is 10.9. The summed E-state index contributed by atoms with van der Waals surface area (Å²) < 4.78 is 4.96. The Morgan fingerprint density at radius 1 is 1.31 bits per heavy atom. The van der Waals surface area contributed by atoms with Crippen LogP contribution in [-0.2, 0) is 16.0 Å². The Kier molecular flexibility index (Phi) is 4.29. The lowest BCUT2D eigenvalue weighted by atomic mass is 9.97. The van der Waals surface area contributed by atoms with E-state index < -0.39 is 0 Å². The smallest absolute Gasteiger partial charge is 0.330 e. The van der Waals surface area contributed by atoms with Crippen LogP contribution in [0.2, 0.25) is 0 Å². The third-order valence-electron chi connectivity index (χ3n) is 2.95. The summed E-state index contributed by atoms with van der Waals surface area (Å²) in [5, 5.41) is 0. The molecule has 0 amide bonds. The number of carbonyl (C=O) groups is 1. The van der Waals surface area contributed by atoms with E-state index in [4.69, 9.17) is 4.74 Å². The van der Waals surface area contributed by atoms with Gasteiger partial charge in [0, 0.05) is 12.5 Å². The molecule has 1 aromatic carbocycles. The lowest BCUT2D eigenvalue weighted by Gasteiger charge is -2.11. The van der Waals surface area contributed by atoms with E-state index in [0.29, 0.717) is 6.61 Å². The van der Waals surface area contributed by atoms with Crippen molar-refractivity contribution in [1.29, 1.82) is 0 Å². The molecule has 0 aliphatic heterocycles. The van der Waals surface area contributed by atoms with Crippen LogP contribution in [0.4, 0.5) is 0 Å². The lowest BCUT2D eigenvalue weighted by Crippen LogP contribution is -2.06. The zero-order valence-electron chi connectivity index (χ0n) is 10.2. The van der Waals surface area contributed by atoms with Crippen LogP contribution in [0.25, 0.3) is 0 Å². The molecule has 86 valence electrons. The Hall–Kier alpha value is -1.57. The van der Waals surface area contributed by atoms with Gasteiger partial charge in [-0.05, 0) is 43.0 Å². The fourth-order valence-electron chi connectivity index (χ4n) is 1.60. The first-order valence-electron chi connectivity index (χ1n) is 5.41. The highest BCUT2D eigenvalue weighted by Crippen LogP contribution is 2.17. The Morgan fingerprint density at radius 2 is 2.00 bits per heavy atom. The van der Waals surface area contributed by atoms with Crippen LogP contribution in [0.1, 0.15) is 22.3 Å². The molecule has 1 rings (SSSR count). The molecule has 1 aromatic rings. The van der Waals surface area contributed by atoms with E-state index in [0.717, 1.165) is 6.42 Å². The largest absolute Gasteiger partial charge is 0.462 e. The monoisotopic (exact) mass is 218 g/mol. The Balaban J connectivity index is 2.65. The molecule has 0 spiro atoms. The van der Waals surface area contributed by atoms with E-state index >= 15 is 0 Å². The van der Waals surface area contributed by atoms with Crippen LogP contribution in [0.3, 0.4) is 0 Å². The standard InChI is InChI=1S/C14H18O2/c1-5-14(15)16-9-8-13-7-6-10(2)11(3)12(13)4/h5-7H,1,8-9H2,2-4H3. The minimum Gasteiger partial charge on any atom is -0.462 e. The number of aryl methyl sites for hydroxylation is 1. The van der Waals surface area contributed by atoms with Crippen molar-refractivity contribution >= 4 is 5.97 Å². The van der Waals surface area contributed by atoms with Crippen molar-refractivity contribution < 1.29 is 9.53 Å². The molecule has 16 heavy (non-hydrogen) atoms. The number of hydrogen-bond donors (Lipinski definition) is 0. The topological polar surface area (TPSA) is 26.3 Å². The normalized spacial score (nSPS) is 9.94. The van der Waals surface area contributed by atoms with Crippen LogP contribution >= 0.6 is 0 Å².